The zero-order valence-corrected chi connectivity index (χ0v) is 7.54. The maximum Gasteiger partial charge on any atom is 0.318 e. The standard InChI is InChI=1S/C8H13N3O2/c1-2-3-4-6(5-9)7(12)11-8(10)13/h6H,2-4H2,1H3,(H3,10,11,12,13)/t6-/m1/s1. The molecule has 0 spiro atoms. The van der Waals surface area contributed by atoms with Crippen LogP contribution in [-0.2, 0) is 4.79 Å². The number of nitriles is 1. The van der Waals surface area contributed by atoms with E-state index in [1.807, 2.05) is 18.3 Å². The number of nitrogens with two attached hydrogens (primary N) is 1. The number of imide groups is 1. The Bertz CT molecular complexity index is 232. The van der Waals surface area contributed by atoms with Gasteiger partial charge in [0, 0.05) is 0 Å². The first-order valence-corrected chi connectivity index (χ1v) is 4.11. The predicted molar refractivity (Wildman–Crippen MR) is 46.4 cm³/mol. The Labute approximate surface area is 76.9 Å². The minimum absolute atomic E-state index is 0.464. The highest BCUT2D eigenvalue weighted by Gasteiger charge is 2.17. The van der Waals surface area contributed by atoms with Crippen LogP contribution in [0.2, 0.25) is 0 Å². The molecule has 5 heteroatoms. The number of hydrogen-bond donors (Lipinski definition) is 2. The SMILES string of the molecule is CCCC[C@H](C#N)C(=O)NC(N)=O. The van der Waals surface area contributed by atoms with Gasteiger partial charge in [0.15, 0.2) is 0 Å². The molecule has 0 bridgehead atoms. The maximum absolute atomic E-state index is 11.1. The smallest absolute Gasteiger partial charge is 0.318 e. The summed E-state index contributed by atoms with van der Waals surface area (Å²) in [5.74, 6) is -1.38. The predicted octanol–water partition coefficient (Wildman–Crippen LogP) is 0.511. The lowest BCUT2D eigenvalue weighted by Gasteiger charge is -2.06. The molecule has 0 radical (unpaired) electrons. The van der Waals surface area contributed by atoms with Crippen LogP contribution in [0.4, 0.5) is 4.79 Å². The van der Waals surface area contributed by atoms with Gasteiger partial charge in [-0.3, -0.25) is 10.1 Å². The lowest BCUT2D eigenvalue weighted by Crippen LogP contribution is -2.38. The average molecular weight is 183 g/mol. The third-order valence-electron chi connectivity index (χ3n) is 1.57. The van der Waals surface area contributed by atoms with Gasteiger partial charge >= 0.3 is 6.03 Å². The first-order valence-electron chi connectivity index (χ1n) is 4.11. The summed E-state index contributed by atoms with van der Waals surface area (Å²) >= 11 is 0. The van der Waals surface area contributed by atoms with E-state index >= 15 is 0 Å². The summed E-state index contributed by atoms with van der Waals surface area (Å²) in [7, 11) is 0. The van der Waals surface area contributed by atoms with Crippen molar-refractivity contribution in [3.05, 3.63) is 0 Å². The summed E-state index contributed by atoms with van der Waals surface area (Å²) in [6.07, 6.45) is 2.15. The van der Waals surface area contributed by atoms with E-state index in [9.17, 15) is 9.59 Å². The van der Waals surface area contributed by atoms with Crippen molar-refractivity contribution in [3.8, 4) is 6.07 Å². The van der Waals surface area contributed by atoms with Crippen molar-refractivity contribution in [2.75, 3.05) is 0 Å². The van der Waals surface area contributed by atoms with Gasteiger partial charge in [0.1, 0.15) is 5.92 Å². The summed E-state index contributed by atoms with van der Waals surface area (Å²) in [5.41, 5.74) is 4.73. The van der Waals surface area contributed by atoms with Gasteiger partial charge in [0.2, 0.25) is 5.91 Å². The summed E-state index contributed by atoms with van der Waals surface area (Å²) in [6, 6.07) is 0.907. The van der Waals surface area contributed by atoms with Crippen molar-refractivity contribution < 1.29 is 9.59 Å². The molecule has 0 aliphatic carbocycles. The van der Waals surface area contributed by atoms with Gasteiger partial charge in [-0.05, 0) is 6.42 Å². The van der Waals surface area contributed by atoms with Crippen LogP contribution in [0.25, 0.3) is 0 Å². The van der Waals surface area contributed by atoms with Gasteiger partial charge in [-0.15, -0.1) is 0 Å². The fraction of sp³-hybridized carbons (Fsp3) is 0.625. The average Bonchev–Trinajstić information content (AvgIpc) is 2.04. The van der Waals surface area contributed by atoms with Crippen molar-refractivity contribution in [1.29, 1.82) is 5.26 Å². The second-order valence-corrected chi connectivity index (χ2v) is 2.68. The highest BCUT2D eigenvalue weighted by atomic mass is 16.2. The molecule has 0 saturated heterocycles. The van der Waals surface area contributed by atoms with E-state index in [-0.39, 0.29) is 0 Å². The Balaban J connectivity index is 4.01. The first kappa shape index (κ1) is 11.4. The van der Waals surface area contributed by atoms with E-state index in [1.54, 1.807) is 0 Å². The van der Waals surface area contributed by atoms with E-state index < -0.39 is 17.9 Å². The number of nitrogens with zero attached hydrogens (tertiary/aromatic N) is 1. The van der Waals surface area contributed by atoms with Crippen molar-refractivity contribution in [1.82, 2.24) is 5.32 Å². The summed E-state index contributed by atoms with van der Waals surface area (Å²) in [4.78, 5) is 21.3. The van der Waals surface area contributed by atoms with E-state index in [2.05, 4.69) is 0 Å². The number of carbonyl (C=O) groups excluding carboxylic acids is 2. The van der Waals surface area contributed by atoms with Crippen molar-refractivity contribution in [2.45, 2.75) is 26.2 Å². The molecule has 0 unspecified atom stereocenters. The zero-order valence-electron chi connectivity index (χ0n) is 7.54. The lowest BCUT2D eigenvalue weighted by atomic mass is 10.0. The number of hydrogen-bond acceptors (Lipinski definition) is 3. The van der Waals surface area contributed by atoms with Gasteiger partial charge in [0.05, 0.1) is 6.07 Å². The van der Waals surface area contributed by atoms with E-state index in [1.165, 1.54) is 0 Å². The van der Waals surface area contributed by atoms with Gasteiger partial charge in [-0.2, -0.15) is 5.26 Å². The van der Waals surface area contributed by atoms with Gasteiger partial charge in [0.25, 0.3) is 0 Å². The molecule has 0 saturated carbocycles. The minimum Gasteiger partial charge on any atom is -0.351 e. The molecule has 1 atom stereocenters. The molecule has 13 heavy (non-hydrogen) atoms. The fourth-order valence-electron chi connectivity index (χ4n) is 0.871. The lowest BCUT2D eigenvalue weighted by molar-refractivity contribution is -0.122. The van der Waals surface area contributed by atoms with Crippen molar-refractivity contribution in [2.24, 2.45) is 11.7 Å². The molecule has 0 rings (SSSR count). The van der Waals surface area contributed by atoms with E-state index in [4.69, 9.17) is 11.0 Å². The number of amides is 3. The second-order valence-electron chi connectivity index (χ2n) is 2.68. The molecule has 0 aromatic heterocycles. The van der Waals surface area contributed by atoms with E-state index in [0.29, 0.717) is 6.42 Å². The van der Waals surface area contributed by atoms with Crippen LogP contribution in [0.3, 0.4) is 0 Å². The number of carbonyl (C=O) groups is 2. The Hall–Kier alpha value is -1.57. The molecular formula is C8H13N3O2. The topological polar surface area (TPSA) is 96.0 Å². The quantitative estimate of drug-likeness (QED) is 0.664. The number of urea groups is 1. The van der Waals surface area contributed by atoms with E-state index in [0.717, 1.165) is 12.8 Å². The molecule has 5 nitrogen and oxygen atoms in total. The van der Waals surface area contributed by atoms with Crippen LogP contribution in [0.5, 0.6) is 0 Å². The molecule has 0 aromatic carbocycles. The first-order chi connectivity index (χ1) is 6.11. The molecule has 3 N–H and O–H groups in total. The third kappa shape index (κ3) is 4.80. The fourth-order valence-corrected chi connectivity index (χ4v) is 0.871. The molecular weight excluding hydrogens is 170 g/mol. The molecule has 72 valence electrons. The summed E-state index contributed by atoms with van der Waals surface area (Å²) in [5, 5.41) is 10.5. The highest BCUT2D eigenvalue weighted by molar-refractivity contribution is 5.95. The number of rotatable bonds is 4. The third-order valence-corrected chi connectivity index (χ3v) is 1.57. The van der Waals surface area contributed by atoms with Crippen LogP contribution < -0.4 is 11.1 Å². The normalized spacial score (nSPS) is 11.4. The largest absolute Gasteiger partial charge is 0.351 e. The number of nitrogens with one attached hydrogen (secondary N) is 1. The number of primary amides is 1. The molecule has 0 aliphatic rings. The van der Waals surface area contributed by atoms with Crippen molar-refractivity contribution in [3.63, 3.8) is 0 Å². The minimum atomic E-state index is -0.915. The van der Waals surface area contributed by atoms with Crippen LogP contribution in [0.15, 0.2) is 0 Å². The van der Waals surface area contributed by atoms with Crippen LogP contribution in [0, 0.1) is 17.2 Å². The Morgan fingerprint density at radius 3 is 2.62 bits per heavy atom. The van der Waals surface area contributed by atoms with Crippen LogP contribution >= 0.6 is 0 Å². The number of unbranched alkanes of at least 4 members (excludes halogenated alkanes) is 1. The van der Waals surface area contributed by atoms with Crippen LogP contribution in [-0.4, -0.2) is 11.9 Å². The Morgan fingerprint density at radius 1 is 1.62 bits per heavy atom. The Kier molecular flexibility index (Phi) is 5.28. The van der Waals surface area contributed by atoms with Gasteiger partial charge in [-0.25, -0.2) is 4.79 Å². The molecule has 0 heterocycles. The Morgan fingerprint density at radius 2 is 2.23 bits per heavy atom. The molecule has 0 aliphatic heterocycles. The summed E-state index contributed by atoms with van der Waals surface area (Å²) in [6.45, 7) is 1.96. The zero-order chi connectivity index (χ0) is 10.3. The summed E-state index contributed by atoms with van der Waals surface area (Å²) < 4.78 is 0. The van der Waals surface area contributed by atoms with Crippen LogP contribution in [0.1, 0.15) is 26.2 Å². The maximum atomic E-state index is 11.1. The monoisotopic (exact) mass is 183 g/mol. The second kappa shape index (κ2) is 6.00. The van der Waals surface area contributed by atoms with Crippen molar-refractivity contribution >= 4 is 11.9 Å². The van der Waals surface area contributed by atoms with Gasteiger partial charge < -0.3 is 5.73 Å². The molecule has 0 aromatic rings. The molecule has 3 amide bonds. The van der Waals surface area contributed by atoms with Gasteiger partial charge in [-0.1, -0.05) is 19.8 Å². The molecule has 0 fully saturated rings. The highest BCUT2D eigenvalue weighted by Crippen LogP contribution is 2.06.